The number of carbonyl (C=O) groups is 1. The van der Waals surface area contributed by atoms with Crippen LogP contribution in [0, 0.1) is 12.7 Å². The number of rotatable bonds is 5. The molecule has 0 radical (unpaired) electrons. The van der Waals surface area contributed by atoms with Gasteiger partial charge in [-0.1, -0.05) is 23.8 Å². The monoisotopic (exact) mass is 475 g/mol. The van der Waals surface area contributed by atoms with Gasteiger partial charge in [-0.3, -0.25) is 9.20 Å². The number of imidazole rings is 1. The van der Waals surface area contributed by atoms with Crippen molar-refractivity contribution in [3.63, 3.8) is 0 Å². The van der Waals surface area contributed by atoms with E-state index in [1.807, 2.05) is 25.1 Å². The van der Waals surface area contributed by atoms with Crippen LogP contribution in [0.1, 0.15) is 32.7 Å². The highest BCUT2D eigenvalue weighted by atomic mass is 19.1. The summed E-state index contributed by atoms with van der Waals surface area (Å²) in [5.74, 6) is 0.489. The molecule has 1 N–H and O–H groups in total. The van der Waals surface area contributed by atoms with E-state index in [1.54, 1.807) is 16.7 Å². The summed E-state index contributed by atoms with van der Waals surface area (Å²) >= 11 is 0. The average molecular weight is 475 g/mol. The van der Waals surface area contributed by atoms with Crippen LogP contribution in [0.2, 0.25) is 0 Å². The van der Waals surface area contributed by atoms with Gasteiger partial charge in [0, 0.05) is 48.9 Å². The Labute approximate surface area is 200 Å². The van der Waals surface area contributed by atoms with Crippen molar-refractivity contribution >= 4 is 17.4 Å². The number of carbonyl (C=O) groups excluding carboxylic acids is 1. The molecule has 6 rings (SSSR count). The van der Waals surface area contributed by atoms with Gasteiger partial charge in [-0.2, -0.15) is 0 Å². The van der Waals surface area contributed by atoms with E-state index >= 15 is 0 Å². The number of nitrogens with zero attached hydrogens (tertiary/aromatic N) is 4. The van der Waals surface area contributed by atoms with Crippen molar-refractivity contribution < 1.29 is 18.3 Å². The van der Waals surface area contributed by atoms with Gasteiger partial charge in [0.1, 0.15) is 24.6 Å². The molecule has 0 aliphatic carbocycles. The minimum absolute atomic E-state index is 0.0166. The first-order chi connectivity index (χ1) is 17.0. The number of aryl methyl sites for hydroxylation is 1. The van der Waals surface area contributed by atoms with Crippen molar-refractivity contribution in [2.75, 3.05) is 25.1 Å². The van der Waals surface area contributed by atoms with Crippen LogP contribution in [0.3, 0.4) is 0 Å². The third kappa shape index (κ3) is 3.50. The smallest absolute Gasteiger partial charge is 0.275 e. The standard InChI is InChI=1S/C26H23F2N5O2/c1-15-2-3-17-16(10-15)13-32(8-7-27)25(34)23-24-20(17)12-30-26(33(24)14-31-23)29-11-19-18-6-9-35-22(18)5-4-21(19)28/h2-5,10,12,14H,6-9,11,13H2,1H3,(H,29,30). The van der Waals surface area contributed by atoms with Crippen LogP contribution in [0.15, 0.2) is 42.9 Å². The highest BCUT2D eigenvalue weighted by Gasteiger charge is 2.28. The van der Waals surface area contributed by atoms with Crippen LogP contribution in [0.4, 0.5) is 14.7 Å². The molecule has 0 unspecified atom stereocenters. The summed E-state index contributed by atoms with van der Waals surface area (Å²) in [5.41, 5.74) is 5.88. The van der Waals surface area contributed by atoms with E-state index in [9.17, 15) is 13.6 Å². The number of ether oxygens (including phenoxy) is 1. The van der Waals surface area contributed by atoms with Crippen LogP contribution < -0.4 is 10.1 Å². The van der Waals surface area contributed by atoms with Gasteiger partial charge < -0.3 is 15.0 Å². The Hall–Kier alpha value is -4.01. The molecular weight excluding hydrogens is 452 g/mol. The fourth-order valence-corrected chi connectivity index (χ4v) is 5.00. The maximum atomic E-state index is 14.6. The van der Waals surface area contributed by atoms with Gasteiger partial charge in [0.05, 0.1) is 12.1 Å². The van der Waals surface area contributed by atoms with Gasteiger partial charge in [-0.05, 0) is 30.2 Å². The number of fused-ring (bicyclic) bond motifs is 3. The van der Waals surface area contributed by atoms with E-state index in [0.29, 0.717) is 42.4 Å². The SMILES string of the molecule is Cc1ccc2c(c1)CN(CCF)C(=O)c1ncn3c(NCc4c(F)ccc5c4CCO5)ncc-2c13. The predicted octanol–water partition coefficient (Wildman–Crippen LogP) is 4.32. The molecule has 9 heteroatoms. The number of hydrogen-bond acceptors (Lipinski definition) is 5. The lowest BCUT2D eigenvalue weighted by atomic mass is 9.96. The normalized spacial score (nSPS) is 14.4. The quantitative estimate of drug-likeness (QED) is 0.466. The zero-order chi connectivity index (χ0) is 24.1. The number of nitrogens with one attached hydrogen (secondary N) is 1. The van der Waals surface area contributed by atoms with E-state index in [0.717, 1.165) is 27.8 Å². The molecule has 4 heterocycles. The first-order valence-electron chi connectivity index (χ1n) is 11.5. The van der Waals surface area contributed by atoms with Crippen molar-refractivity contribution in [1.82, 2.24) is 19.3 Å². The van der Waals surface area contributed by atoms with E-state index in [4.69, 9.17) is 4.74 Å². The summed E-state index contributed by atoms with van der Waals surface area (Å²) in [6.07, 6.45) is 3.89. The topological polar surface area (TPSA) is 71.8 Å². The number of alkyl halides is 1. The average Bonchev–Trinajstić information content (AvgIpc) is 3.50. The summed E-state index contributed by atoms with van der Waals surface area (Å²) in [6, 6.07) is 9.07. The van der Waals surface area contributed by atoms with Crippen molar-refractivity contribution in [1.29, 1.82) is 0 Å². The second-order valence-electron chi connectivity index (χ2n) is 8.84. The number of anilines is 1. The Kier molecular flexibility index (Phi) is 5.12. The molecule has 4 aromatic rings. The minimum Gasteiger partial charge on any atom is -0.493 e. The van der Waals surface area contributed by atoms with E-state index < -0.39 is 6.67 Å². The lowest BCUT2D eigenvalue weighted by Crippen LogP contribution is -2.34. The molecule has 2 aromatic carbocycles. The molecule has 2 aliphatic heterocycles. The number of hydrogen-bond donors (Lipinski definition) is 1. The summed E-state index contributed by atoms with van der Waals surface area (Å²) in [7, 11) is 0. The molecule has 7 nitrogen and oxygen atoms in total. The summed E-state index contributed by atoms with van der Waals surface area (Å²) < 4.78 is 35.3. The highest BCUT2D eigenvalue weighted by Crippen LogP contribution is 2.35. The van der Waals surface area contributed by atoms with Crippen LogP contribution in [-0.4, -0.2) is 45.0 Å². The first-order valence-corrected chi connectivity index (χ1v) is 11.5. The van der Waals surface area contributed by atoms with Gasteiger partial charge in [0.2, 0.25) is 5.95 Å². The highest BCUT2D eigenvalue weighted by molar-refractivity contribution is 6.04. The fourth-order valence-electron chi connectivity index (χ4n) is 5.00. The van der Waals surface area contributed by atoms with Crippen molar-refractivity contribution in [3.05, 3.63) is 76.6 Å². The number of amides is 1. The second-order valence-corrected chi connectivity index (χ2v) is 8.84. The largest absolute Gasteiger partial charge is 0.493 e. The number of halogens is 2. The van der Waals surface area contributed by atoms with Crippen LogP contribution in [0.25, 0.3) is 16.6 Å². The predicted molar refractivity (Wildman–Crippen MR) is 127 cm³/mol. The molecule has 0 saturated carbocycles. The third-order valence-electron chi connectivity index (χ3n) is 6.69. The summed E-state index contributed by atoms with van der Waals surface area (Å²) in [6.45, 7) is 2.34. The molecule has 0 atom stereocenters. The maximum Gasteiger partial charge on any atom is 0.275 e. The van der Waals surface area contributed by atoms with Crippen LogP contribution in [-0.2, 0) is 19.5 Å². The molecule has 0 saturated heterocycles. The number of aromatic nitrogens is 3. The van der Waals surface area contributed by atoms with Crippen molar-refractivity contribution in [3.8, 4) is 16.9 Å². The molecule has 2 aliphatic rings. The van der Waals surface area contributed by atoms with Gasteiger partial charge in [0.25, 0.3) is 5.91 Å². The molecule has 0 spiro atoms. The zero-order valence-corrected chi connectivity index (χ0v) is 19.1. The van der Waals surface area contributed by atoms with E-state index in [2.05, 4.69) is 15.3 Å². The van der Waals surface area contributed by atoms with Crippen LogP contribution >= 0.6 is 0 Å². The molecule has 2 aromatic heterocycles. The van der Waals surface area contributed by atoms with E-state index in [-0.39, 0.29) is 30.5 Å². The van der Waals surface area contributed by atoms with Gasteiger partial charge >= 0.3 is 0 Å². The minimum atomic E-state index is -0.642. The lowest BCUT2D eigenvalue weighted by molar-refractivity contribution is 0.0728. The number of benzene rings is 2. The molecule has 35 heavy (non-hydrogen) atoms. The van der Waals surface area contributed by atoms with Crippen molar-refractivity contribution in [2.24, 2.45) is 0 Å². The first kappa shape index (κ1) is 21.5. The lowest BCUT2D eigenvalue weighted by Gasteiger charge is -2.25. The summed E-state index contributed by atoms with van der Waals surface area (Å²) in [4.78, 5) is 23.9. The Bertz CT molecular complexity index is 1480. The van der Waals surface area contributed by atoms with E-state index in [1.165, 1.54) is 17.3 Å². The molecule has 0 fully saturated rings. The second kappa shape index (κ2) is 8.33. The fraction of sp³-hybridized carbons (Fsp3) is 0.269. The van der Waals surface area contributed by atoms with Gasteiger partial charge in [-0.25, -0.2) is 18.7 Å². The molecule has 1 amide bonds. The Morgan fingerprint density at radius 3 is 2.91 bits per heavy atom. The Morgan fingerprint density at radius 2 is 2.06 bits per heavy atom. The maximum absolute atomic E-state index is 14.6. The van der Waals surface area contributed by atoms with Gasteiger partial charge in [-0.15, -0.1) is 0 Å². The zero-order valence-electron chi connectivity index (χ0n) is 19.1. The van der Waals surface area contributed by atoms with Crippen molar-refractivity contribution in [2.45, 2.75) is 26.4 Å². The third-order valence-corrected chi connectivity index (χ3v) is 6.69. The molecule has 178 valence electrons. The Morgan fingerprint density at radius 1 is 1.17 bits per heavy atom. The molecule has 0 bridgehead atoms. The Balaban J connectivity index is 1.46. The summed E-state index contributed by atoms with van der Waals surface area (Å²) in [5, 5.41) is 3.21. The van der Waals surface area contributed by atoms with Gasteiger partial charge in [0.15, 0.2) is 5.69 Å². The molecular formula is C26H23F2N5O2. The van der Waals surface area contributed by atoms with Crippen LogP contribution in [0.5, 0.6) is 5.75 Å².